The maximum absolute atomic E-state index is 10.8. The lowest BCUT2D eigenvalue weighted by molar-refractivity contribution is 0.411. The lowest BCUT2D eigenvalue weighted by atomic mass is 9.33. The van der Waals surface area contributed by atoms with Crippen molar-refractivity contribution in [3.05, 3.63) is 406 Å². The molecule has 0 saturated heterocycles. The number of hydrogen-bond donors (Lipinski definition) is 0. The minimum Gasteiger partial charge on any atom is -0.311 e. The second kappa shape index (κ2) is 27.0. The predicted octanol–water partition coefficient (Wildman–Crippen LogP) is 26.9. The minimum atomic E-state index is -1.89. The van der Waals surface area contributed by atoms with Gasteiger partial charge in [0, 0.05) is 69.5 Å². The molecule has 0 unspecified atom stereocenters. The zero-order chi connectivity index (χ0) is 76.3. The zero-order valence-corrected chi connectivity index (χ0v) is 62.5. The fraction of sp³-hybridized carbons (Fsp3) is 0.0467. The second-order valence-electron chi connectivity index (χ2n) is 30.9. The van der Waals surface area contributed by atoms with Gasteiger partial charge in [-0.05, 0) is 209 Å². The molecule has 2 aliphatic rings. The van der Waals surface area contributed by atoms with Crippen LogP contribution in [0.5, 0.6) is 0 Å². The SMILES string of the molecule is [2H]C([2H])(c1cc2c3c(c1)N(c1cc(-c4ccccc4)ccc1-c1ccccc1)c1cc(-n4c5ccc(-c6ccccc6)cc5c5cc(-c6ccccc6)ccc54)ccc1B3c1ccc(-n3c4ccc(-c5ccccc5)cc4c4cc(-c5ccccc5)ccc43)cc1N2c1cc(-c2ccccc2)ccc1-c1ccccc1)C(C)(C)C. The molecule has 0 saturated carbocycles. The second-order valence-corrected chi connectivity index (χ2v) is 30.9. The molecule has 0 fully saturated rings. The van der Waals surface area contributed by atoms with E-state index >= 15 is 0 Å². The van der Waals surface area contributed by atoms with E-state index in [2.05, 4.69) is 419 Å². The summed E-state index contributed by atoms with van der Waals surface area (Å²) in [6.45, 7) is 5.74. The highest BCUT2D eigenvalue weighted by Gasteiger charge is 2.45. The van der Waals surface area contributed by atoms with Gasteiger partial charge in [-0.1, -0.05) is 324 Å². The maximum Gasteiger partial charge on any atom is 0.252 e. The fourth-order valence-corrected chi connectivity index (χ4v) is 17.9. The molecule has 0 amide bonds. The summed E-state index contributed by atoms with van der Waals surface area (Å²) >= 11 is 0. The normalized spacial score (nSPS) is 12.8. The summed E-state index contributed by atoms with van der Waals surface area (Å²) in [7, 11) is 0. The first kappa shape index (κ1) is 64.0. The van der Waals surface area contributed by atoms with Gasteiger partial charge in [-0.2, -0.15) is 0 Å². The standard InChI is InChI=1S/C107H77BN4/c1-107(2,3)70-71-60-104-106-105(61-71)112(101-67-85(77-38-22-9-23-39-77)45-53-89(101)79-42-26-11-27-43-79)103-69-87(110-98-58-48-82(74-32-16-6-17-33-74)64-92(98)93-65-83(49-59-99(93)110)75-34-18-7-19-35-75)51-55-95(103)108(106)94-54-50-86(68-102(94)111(104)100-66-84(76-36-20-8-21-37-76)44-52-88(100)78-40-24-10-25-41-78)109-96-56-46-80(72-28-12-4-13-29-72)62-90(96)91-63-81(47-57-97(91)109)73-30-14-5-15-31-73/h4-69H,70H2,1-3H3/i70D2. The third kappa shape index (κ3) is 11.5. The summed E-state index contributed by atoms with van der Waals surface area (Å²) in [5.41, 5.74) is 32.9. The van der Waals surface area contributed by atoms with E-state index in [9.17, 15) is 2.74 Å². The van der Waals surface area contributed by atoms with Crippen LogP contribution in [0.25, 0.3) is 144 Å². The number of nitrogens with zero attached hydrogens (tertiary/aromatic N) is 4. The molecule has 2 aliphatic heterocycles. The van der Waals surface area contributed by atoms with Gasteiger partial charge in [-0.25, -0.2) is 0 Å². The number of hydrogen-bond acceptors (Lipinski definition) is 2. The molecule has 19 aromatic rings. The molecule has 112 heavy (non-hydrogen) atoms. The van der Waals surface area contributed by atoms with Crippen molar-refractivity contribution in [1.29, 1.82) is 0 Å². The van der Waals surface area contributed by atoms with E-state index in [-0.39, 0.29) is 6.71 Å². The van der Waals surface area contributed by atoms with Gasteiger partial charge in [0.05, 0.1) is 33.4 Å². The van der Waals surface area contributed by atoms with E-state index in [1.54, 1.807) is 0 Å². The van der Waals surface area contributed by atoms with Gasteiger partial charge >= 0.3 is 0 Å². The first-order valence-electron chi connectivity index (χ1n) is 39.9. The largest absolute Gasteiger partial charge is 0.311 e. The Morgan fingerprint density at radius 3 is 0.795 bits per heavy atom. The first-order valence-corrected chi connectivity index (χ1v) is 38.9. The highest BCUT2D eigenvalue weighted by molar-refractivity contribution is 7.00. The molecular formula is C107H77BN4. The van der Waals surface area contributed by atoms with Crippen molar-refractivity contribution in [1.82, 2.24) is 9.13 Å². The Hall–Kier alpha value is -14.0. The van der Waals surface area contributed by atoms with Crippen LogP contribution in [-0.4, -0.2) is 15.8 Å². The summed E-state index contributed by atoms with van der Waals surface area (Å²) < 4.78 is 26.6. The molecule has 0 radical (unpaired) electrons. The average Bonchev–Trinajstić information content (AvgIpc) is 0.725. The summed E-state index contributed by atoms with van der Waals surface area (Å²) in [5, 5.41) is 4.63. The molecule has 4 nitrogen and oxygen atoms in total. The smallest absolute Gasteiger partial charge is 0.252 e. The van der Waals surface area contributed by atoms with Crippen molar-refractivity contribution in [2.75, 3.05) is 9.80 Å². The highest BCUT2D eigenvalue weighted by Crippen LogP contribution is 2.52. The summed E-state index contributed by atoms with van der Waals surface area (Å²) in [6.07, 6.45) is -1.89. The molecule has 528 valence electrons. The maximum atomic E-state index is 10.8. The molecule has 0 atom stereocenters. The predicted molar refractivity (Wildman–Crippen MR) is 476 cm³/mol. The van der Waals surface area contributed by atoms with Gasteiger partial charge in [-0.3, -0.25) is 0 Å². The van der Waals surface area contributed by atoms with E-state index in [0.717, 1.165) is 195 Å². The van der Waals surface area contributed by atoms with Crippen LogP contribution in [0.15, 0.2) is 400 Å². The third-order valence-electron chi connectivity index (χ3n) is 22.9. The molecule has 0 N–H and O–H groups in total. The molecule has 2 aromatic heterocycles. The van der Waals surface area contributed by atoms with E-state index in [1.807, 2.05) is 20.8 Å². The Kier molecular flexibility index (Phi) is 15.4. The molecule has 21 rings (SSSR count). The lowest BCUT2D eigenvalue weighted by Gasteiger charge is -2.45. The average molecular weight is 1430 g/mol. The van der Waals surface area contributed by atoms with Crippen molar-refractivity contribution in [3.63, 3.8) is 0 Å². The summed E-state index contributed by atoms with van der Waals surface area (Å²) in [5.74, 6) is 0. The topological polar surface area (TPSA) is 16.3 Å². The number of rotatable bonds is 13. The number of fused-ring (bicyclic) bond motifs is 10. The van der Waals surface area contributed by atoms with Crippen molar-refractivity contribution >= 4 is 101 Å². The van der Waals surface area contributed by atoms with Gasteiger partial charge in [0.1, 0.15) is 0 Å². The molecule has 0 aliphatic carbocycles. The molecule has 0 bridgehead atoms. The van der Waals surface area contributed by atoms with Crippen molar-refractivity contribution in [2.24, 2.45) is 5.41 Å². The quantitative estimate of drug-likeness (QED) is 0.107. The molecular weight excluding hydrogens is 1350 g/mol. The van der Waals surface area contributed by atoms with Crippen molar-refractivity contribution in [3.8, 4) is 100 Å². The highest BCUT2D eigenvalue weighted by atomic mass is 15.2. The molecule has 5 heteroatoms. The van der Waals surface area contributed by atoms with Crippen LogP contribution < -0.4 is 26.2 Å². The van der Waals surface area contributed by atoms with Gasteiger partial charge < -0.3 is 18.9 Å². The number of anilines is 6. The Morgan fingerprint density at radius 2 is 0.509 bits per heavy atom. The van der Waals surface area contributed by atoms with E-state index in [4.69, 9.17) is 0 Å². The van der Waals surface area contributed by atoms with E-state index < -0.39 is 11.8 Å². The van der Waals surface area contributed by atoms with Crippen LogP contribution in [0.4, 0.5) is 34.1 Å². The fourth-order valence-electron chi connectivity index (χ4n) is 17.9. The van der Waals surface area contributed by atoms with Gasteiger partial charge in [-0.15, -0.1) is 0 Å². The minimum absolute atomic E-state index is 0.389. The number of aromatic nitrogens is 2. The van der Waals surface area contributed by atoms with Crippen LogP contribution in [0.2, 0.25) is 0 Å². The first-order chi connectivity index (χ1) is 55.9. The van der Waals surface area contributed by atoms with Crippen molar-refractivity contribution < 1.29 is 2.74 Å². The number of benzene rings is 17. The van der Waals surface area contributed by atoms with Crippen molar-refractivity contribution in [2.45, 2.75) is 27.1 Å². The van der Waals surface area contributed by atoms with Crippen LogP contribution >= 0.6 is 0 Å². The monoisotopic (exact) mass is 1430 g/mol. The summed E-state index contributed by atoms with van der Waals surface area (Å²) in [4.78, 5) is 5.06. The summed E-state index contributed by atoms with van der Waals surface area (Å²) in [6, 6.07) is 147. The Labute approximate surface area is 657 Å². The van der Waals surface area contributed by atoms with E-state index in [1.165, 1.54) is 0 Å². The van der Waals surface area contributed by atoms with Crippen LogP contribution in [0, 0.1) is 5.41 Å². The Balaban J connectivity index is 0.894. The molecule has 17 aromatic carbocycles. The van der Waals surface area contributed by atoms with Crippen LogP contribution in [0.1, 0.15) is 29.1 Å². The van der Waals surface area contributed by atoms with Crippen LogP contribution in [-0.2, 0) is 6.37 Å². The molecule has 4 heterocycles. The Morgan fingerprint density at radius 1 is 0.241 bits per heavy atom. The molecule has 0 spiro atoms. The lowest BCUT2D eigenvalue weighted by Crippen LogP contribution is -2.61. The van der Waals surface area contributed by atoms with Crippen LogP contribution in [0.3, 0.4) is 0 Å². The van der Waals surface area contributed by atoms with Gasteiger partial charge in [0.15, 0.2) is 0 Å². The third-order valence-corrected chi connectivity index (χ3v) is 22.9. The van der Waals surface area contributed by atoms with Gasteiger partial charge in [0.2, 0.25) is 0 Å². The van der Waals surface area contributed by atoms with Gasteiger partial charge in [0.25, 0.3) is 6.71 Å². The zero-order valence-electron chi connectivity index (χ0n) is 64.5. The van der Waals surface area contributed by atoms with E-state index in [0.29, 0.717) is 5.56 Å². The Bertz CT molecular complexity index is 6360.